The maximum absolute atomic E-state index is 3.49. The van der Waals surface area contributed by atoms with E-state index in [9.17, 15) is 0 Å². The van der Waals surface area contributed by atoms with Crippen LogP contribution in [0.5, 0.6) is 0 Å². The number of rotatable bonds is 6. The van der Waals surface area contributed by atoms with Crippen LogP contribution >= 0.6 is 27.3 Å². The van der Waals surface area contributed by atoms with Crippen molar-refractivity contribution in [3.05, 3.63) is 45.7 Å². The molecule has 0 fully saturated rings. The average Bonchev–Trinajstić information content (AvgIpc) is 2.84. The maximum Gasteiger partial charge on any atom is 0.0374 e. The topological polar surface area (TPSA) is 0 Å². The smallest absolute Gasteiger partial charge is 0.0374 e. The van der Waals surface area contributed by atoms with Crippen molar-refractivity contribution in [3.63, 3.8) is 0 Å². The lowest BCUT2D eigenvalue weighted by Crippen LogP contribution is -1.86. The highest BCUT2D eigenvalue weighted by Gasteiger charge is 2.06. The molecule has 96 valence electrons. The molecule has 0 bridgehead atoms. The van der Waals surface area contributed by atoms with E-state index in [2.05, 4.69) is 58.6 Å². The van der Waals surface area contributed by atoms with Crippen LogP contribution in [0, 0.1) is 0 Å². The van der Waals surface area contributed by atoms with E-state index in [1.165, 1.54) is 48.1 Å². The predicted octanol–water partition coefficient (Wildman–Crippen LogP) is 6.30. The van der Waals surface area contributed by atoms with Crippen LogP contribution in [0.3, 0.4) is 0 Å². The molecule has 0 spiro atoms. The molecule has 0 atom stereocenters. The number of benzene rings is 1. The summed E-state index contributed by atoms with van der Waals surface area (Å²) in [5.74, 6) is 0. The lowest BCUT2D eigenvalue weighted by Gasteiger charge is -2.04. The molecule has 0 saturated carbocycles. The number of aryl methyl sites for hydroxylation is 1. The highest BCUT2D eigenvalue weighted by Crippen LogP contribution is 2.31. The SMILES string of the molecule is CCCCCCc1ccsc1-c1ccc(Br)cc1. The van der Waals surface area contributed by atoms with Gasteiger partial charge in [0.15, 0.2) is 0 Å². The van der Waals surface area contributed by atoms with Crippen molar-refractivity contribution in [1.29, 1.82) is 0 Å². The number of halogens is 1. The van der Waals surface area contributed by atoms with E-state index in [4.69, 9.17) is 0 Å². The molecule has 0 saturated heterocycles. The van der Waals surface area contributed by atoms with Crippen molar-refractivity contribution in [2.45, 2.75) is 39.0 Å². The van der Waals surface area contributed by atoms with Crippen molar-refractivity contribution in [2.75, 3.05) is 0 Å². The maximum atomic E-state index is 3.49. The molecule has 0 aliphatic heterocycles. The summed E-state index contributed by atoms with van der Waals surface area (Å²) in [5.41, 5.74) is 2.86. The van der Waals surface area contributed by atoms with Crippen molar-refractivity contribution in [1.82, 2.24) is 0 Å². The first-order valence-corrected chi connectivity index (χ1v) is 8.31. The Morgan fingerprint density at radius 2 is 1.78 bits per heavy atom. The molecule has 1 heterocycles. The van der Waals surface area contributed by atoms with E-state index in [-0.39, 0.29) is 0 Å². The minimum absolute atomic E-state index is 1.15. The van der Waals surface area contributed by atoms with Crippen LogP contribution in [-0.4, -0.2) is 0 Å². The fourth-order valence-electron chi connectivity index (χ4n) is 2.13. The van der Waals surface area contributed by atoms with E-state index in [0.29, 0.717) is 0 Å². The van der Waals surface area contributed by atoms with E-state index >= 15 is 0 Å². The Kier molecular flexibility index (Phi) is 5.45. The Bertz CT molecular complexity index is 470. The second kappa shape index (κ2) is 7.10. The van der Waals surface area contributed by atoms with Gasteiger partial charge in [0.2, 0.25) is 0 Å². The van der Waals surface area contributed by atoms with Gasteiger partial charge in [-0.1, -0.05) is 54.2 Å². The molecule has 18 heavy (non-hydrogen) atoms. The van der Waals surface area contributed by atoms with Gasteiger partial charge in [-0.2, -0.15) is 0 Å². The summed E-state index contributed by atoms with van der Waals surface area (Å²) < 4.78 is 1.15. The molecule has 2 heteroatoms. The molecule has 0 unspecified atom stereocenters. The molecule has 2 rings (SSSR count). The minimum Gasteiger partial charge on any atom is -0.144 e. The number of thiophene rings is 1. The molecular weight excluding hydrogens is 304 g/mol. The van der Waals surface area contributed by atoms with E-state index < -0.39 is 0 Å². The summed E-state index contributed by atoms with van der Waals surface area (Å²) in [6, 6.07) is 10.9. The van der Waals surface area contributed by atoms with Crippen molar-refractivity contribution >= 4 is 27.3 Å². The molecule has 0 aliphatic carbocycles. The zero-order chi connectivity index (χ0) is 12.8. The van der Waals surface area contributed by atoms with Crippen LogP contribution in [0.25, 0.3) is 10.4 Å². The first kappa shape index (κ1) is 13.8. The highest BCUT2D eigenvalue weighted by molar-refractivity contribution is 9.10. The Balaban J connectivity index is 2.05. The summed E-state index contributed by atoms with van der Waals surface area (Å²) in [5, 5.41) is 2.21. The van der Waals surface area contributed by atoms with Crippen LogP contribution in [-0.2, 0) is 6.42 Å². The Morgan fingerprint density at radius 3 is 2.50 bits per heavy atom. The highest BCUT2D eigenvalue weighted by atomic mass is 79.9. The van der Waals surface area contributed by atoms with E-state index in [1.807, 2.05) is 11.3 Å². The summed E-state index contributed by atoms with van der Waals surface area (Å²) in [7, 11) is 0. The van der Waals surface area contributed by atoms with E-state index in [0.717, 1.165) is 4.47 Å². The predicted molar refractivity (Wildman–Crippen MR) is 85.3 cm³/mol. The zero-order valence-electron chi connectivity index (χ0n) is 10.8. The third kappa shape index (κ3) is 3.69. The van der Waals surface area contributed by atoms with Crippen LogP contribution in [0.4, 0.5) is 0 Å². The number of hydrogen-bond donors (Lipinski definition) is 0. The lowest BCUT2D eigenvalue weighted by molar-refractivity contribution is 0.668. The van der Waals surface area contributed by atoms with Crippen molar-refractivity contribution < 1.29 is 0 Å². The molecular formula is C16H19BrS. The van der Waals surface area contributed by atoms with Crippen LogP contribution in [0.1, 0.15) is 38.2 Å². The molecule has 1 aromatic carbocycles. The molecule has 2 aromatic rings. The molecule has 0 N–H and O–H groups in total. The van der Waals surface area contributed by atoms with Gasteiger partial charge in [0.1, 0.15) is 0 Å². The summed E-state index contributed by atoms with van der Waals surface area (Å²) in [6.45, 7) is 2.26. The van der Waals surface area contributed by atoms with Crippen LogP contribution in [0.15, 0.2) is 40.2 Å². The molecule has 0 aliphatic rings. The summed E-state index contributed by atoms with van der Waals surface area (Å²) in [4.78, 5) is 1.44. The largest absolute Gasteiger partial charge is 0.144 e. The lowest BCUT2D eigenvalue weighted by atomic mass is 10.0. The average molecular weight is 323 g/mol. The van der Waals surface area contributed by atoms with Crippen molar-refractivity contribution in [2.24, 2.45) is 0 Å². The third-order valence-corrected chi connectivity index (χ3v) is 4.69. The van der Waals surface area contributed by atoms with Gasteiger partial charge in [0.05, 0.1) is 0 Å². The Morgan fingerprint density at radius 1 is 1.00 bits per heavy atom. The fraction of sp³-hybridized carbons (Fsp3) is 0.375. The zero-order valence-corrected chi connectivity index (χ0v) is 13.2. The first-order valence-electron chi connectivity index (χ1n) is 6.63. The minimum atomic E-state index is 1.15. The van der Waals surface area contributed by atoms with Gasteiger partial charge in [-0.15, -0.1) is 11.3 Å². The molecule has 0 nitrogen and oxygen atoms in total. The number of hydrogen-bond acceptors (Lipinski definition) is 1. The normalized spacial score (nSPS) is 10.8. The second-order valence-corrected chi connectivity index (χ2v) is 6.42. The van der Waals surface area contributed by atoms with Gasteiger partial charge in [-0.25, -0.2) is 0 Å². The molecule has 0 amide bonds. The second-order valence-electron chi connectivity index (χ2n) is 4.59. The molecule has 0 radical (unpaired) electrons. The third-order valence-electron chi connectivity index (χ3n) is 3.15. The number of unbranched alkanes of at least 4 members (excludes halogenated alkanes) is 3. The Labute approximate surface area is 122 Å². The fourth-order valence-corrected chi connectivity index (χ4v) is 3.36. The van der Waals surface area contributed by atoms with Crippen LogP contribution in [0.2, 0.25) is 0 Å². The molecule has 1 aromatic heterocycles. The first-order chi connectivity index (χ1) is 8.81. The summed E-state index contributed by atoms with van der Waals surface area (Å²) in [6.07, 6.45) is 6.55. The van der Waals surface area contributed by atoms with Gasteiger partial charge >= 0.3 is 0 Å². The van der Waals surface area contributed by atoms with Gasteiger partial charge in [-0.3, -0.25) is 0 Å². The quantitative estimate of drug-likeness (QED) is 0.547. The summed E-state index contributed by atoms with van der Waals surface area (Å²) >= 11 is 5.35. The van der Waals surface area contributed by atoms with Gasteiger partial charge < -0.3 is 0 Å². The monoisotopic (exact) mass is 322 g/mol. The van der Waals surface area contributed by atoms with Crippen LogP contribution < -0.4 is 0 Å². The standard InChI is InChI=1S/C16H19BrS/c1-2-3-4-5-6-13-11-12-18-16(13)14-7-9-15(17)10-8-14/h7-12H,2-6H2,1H3. The van der Waals surface area contributed by atoms with Gasteiger partial charge in [0, 0.05) is 9.35 Å². The Hall–Kier alpha value is -0.600. The van der Waals surface area contributed by atoms with Gasteiger partial charge in [-0.05, 0) is 47.5 Å². The van der Waals surface area contributed by atoms with Crippen molar-refractivity contribution in [3.8, 4) is 10.4 Å². The van der Waals surface area contributed by atoms with Gasteiger partial charge in [0.25, 0.3) is 0 Å². The van der Waals surface area contributed by atoms with E-state index in [1.54, 1.807) is 0 Å².